The summed E-state index contributed by atoms with van der Waals surface area (Å²) in [6.07, 6.45) is 3.02. The van der Waals surface area contributed by atoms with Gasteiger partial charge < -0.3 is 14.2 Å². The zero-order chi connectivity index (χ0) is 19.7. The topological polar surface area (TPSA) is 80.9 Å². The van der Waals surface area contributed by atoms with Gasteiger partial charge in [0.15, 0.2) is 7.29 Å². The largest absolute Gasteiger partial charge is 0.400 e. The van der Waals surface area contributed by atoms with Gasteiger partial charge >= 0.3 is 11.3 Å². The number of pyridine rings is 1. The van der Waals surface area contributed by atoms with Crippen LogP contribution in [0.15, 0.2) is 47.2 Å². The van der Waals surface area contributed by atoms with E-state index in [9.17, 15) is 17.7 Å². The highest BCUT2D eigenvalue weighted by molar-refractivity contribution is 7.63. The van der Waals surface area contributed by atoms with Crippen LogP contribution >= 0.6 is 18.9 Å². The lowest BCUT2D eigenvalue weighted by molar-refractivity contribution is 0.0551. The Labute approximate surface area is 157 Å². The summed E-state index contributed by atoms with van der Waals surface area (Å²) in [7, 11) is -2.96. The number of benzene rings is 1. The van der Waals surface area contributed by atoms with Gasteiger partial charge in [0.2, 0.25) is 5.82 Å². The van der Waals surface area contributed by atoms with E-state index in [-0.39, 0.29) is 23.1 Å². The van der Waals surface area contributed by atoms with Crippen molar-refractivity contribution in [2.45, 2.75) is 11.5 Å². The van der Waals surface area contributed by atoms with Crippen LogP contribution in [0.2, 0.25) is 0 Å². The molecule has 2 heterocycles. The summed E-state index contributed by atoms with van der Waals surface area (Å²) in [6, 6.07) is 7.24. The quantitative estimate of drug-likeness (QED) is 0.446. The average molecular weight is 417 g/mol. The highest BCUT2D eigenvalue weighted by Crippen LogP contribution is 2.45. The monoisotopic (exact) mass is 416 g/mol. The van der Waals surface area contributed by atoms with Crippen molar-refractivity contribution in [2.24, 2.45) is 0 Å². The zero-order valence-electron chi connectivity index (χ0n) is 13.9. The fraction of sp³-hybridized carbons (Fsp3) is 0.188. The molecule has 1 aromatic carbocycles. The lowest BCUT2D eigenvalue weighted by Crippen LogP contribution is -2.03. The van der Waals surface area contributed by atoms with E-state index in [0.717, 1.165) is 6.07 Å². The van der Waals surface area contributed by atoms with E-state index in [1.54, 1.807) is 18.3 Å². The molecule has 3 rings (SSSR count). The van der Waals surface area contributed by atoms with Gasteiger partial charge in [-0.15, -0.1) is 0 Å². The molecule has 0 spiro atoms. The Balaban J connectivity index is 1.78. The molecule has 6 nitrogen and oxygen atoms in total. The molecule has 1 N–H and O–H groups in total. The molecule has 1 unspecified atom stereocenters. The second kappa shape index (κ2) is 7.32. The number of nitrogens with one attached hydrogen (secondary N) is 1. The molecular weight excluding hydrogens is 404 g/mol. The fourth-order valence-electron chi connectivity index (χ4n) is 2.34. The van der Waals surface area contributed by atoms with Gasteiger partial charge in [-0.05, 0) is 35.4 Å². The molecule has 2 aromatic heterocycles. The summed E-state index contributed by atoms with van der Waals surface area (Å²) < 4.78 is 57.4. The minimum atomic E-state index is -3.81. The Hall–Kier alpha value is -2.38. The Morgan fingerprint density at radius 2 is 2.11 bits per heavy atom. The Kier molecular flexibility index (Phi) is 5.26. The maximum Gasteiger partial charge on any atom is 0.400 e. The Morgan fingerprint density at radius 1 is 1.33 bits per heavy atom. The third kappa shape index (κ3) is 4.87. The summed E-state index contributed by atoms with van der Waals surface area (Å²) in [5.41, 5.74) is 0.868. The molecular formula is C16H13ClF3N4O2P. The molecule has 0 aliphatic heterocycles. The van der Waals surface area contributed by atoms with Gasteiger partial charge in [-0.3, -0.25) is 4.98 Å². The van der Waals surface area contributed by atoms with Crippen molar-refractivity contribution >= 4 is 24.6 Å². The minimum absolute atomic E-state index is 0.0642. The van der Waals surface area contributed by atoms with Crippen molar-refractivity contribution < 1.29 is 22.3 Å². The van der Waals surface area contributed by atoms with Crippen LogP contribution in [0, 0.1) is 5.82 Å². The van der Waals surface area contributed by atoms with Gasteiger partial charge in [0, 0.05) is 24.6 Å². The first-order chi connectivity index (χ1) is 12.6. The lowest BCUT2D eigenvalue weighted by atomic mass is 10.1. The predicted molar refractivity (Wildman–Crippen MR) is 94.5 cm³/mol. The van der Waals surface area contributed by atoms with Crippen molar-refractivity contribution in [1.29, 1.82) is 0 Å². The van der Waals surface area contributed by atoms with E-state index >= 15 is 0 Å². The molecule has 0 saturated heterocycles. The maximum absolute atomic E-state index is 14.4. The number of hydrogen-bond acceptors (Lipinski definition) is 5. The van der Waals surface area contributed by atoms with Crippen molar-refractivity contribution in [1.82, 2.24) is 15.1 Å². The standard InChI is InChI=1S/C16H13ClF3N4O2P/c1-27(25,24-12-3-2-6-21-8-12)9-11-5-4-10(7-13(11)18)14-22-15(26-23-14)16(17,19)20/h2-8H,9H2,1H3,(H,24,25). The van der Waals surface area contributed by atoms with Crippen LogP contribution in [0.1, 0.15) is 11.5 Å². The first-order valence-electron chi connectivity index (χ1n) is 7.59. The van der Waals surface area contributed by atoms with Crippen LogP contribution in [0.25, 0.3) is 11.4 Å². The van der Waals surface area contributed by atoms with Gasteiger partial charge in [0.1, 0.15) is 5.82 Å². The van der Waals surface area contributed by atoms with Crippen LogP contribution in [0.3, 0.4) is 0 Å². The highest BCUT2D eigenvalue weighted by Gasteiger charge is 2.35. The minimum Gasteiger partial charge on any atom is -0.335 e. The van der Waals surface area contributed by atoms with Gasteiger partial charge in [0.05, 0.1) is 11.9 Å². The molecule has 1 atom stereocenters. The number of alkyl halides is 3. The van der Waals surface area contributed by atoms with E-state index in [1.165, 1.54) is 25.0 Å². The van der Waals surface area contributed by atoms with Crippen LogP contribution in [-0.2, 0) is 16.1 Å². The smallest absolute Gasteiger partial charge is 0.335 e. The van der Waals surface area contributed by atoms with Crippen molar-refractivity contribution in [2.75, 3.05) is 11.8 Å². The number of aromatic nitrogens is 3. The number of halogens is 4. The molecule has 0 bridgehead atoms. The third-order valence-electron chi connectivity index (χ3n) is 3.48. The highest BCUT2D eigenvalue weighted by atomic mass is 35.5. The maximum atomic E-state index is 14.4. The predicted octanol–water partition coefficient (Wildman–Crippen LogP) is 5.08. The molecule has 0 aliphatic rings. The van der Waals surface area contributed by atoms with Crippen LogP contribution in [0.4, 0.5) is 18.9 Å². The molecule has 3 aromatic rings. The van der Waals surface area contributed by atoms with Crippen LogP contribution < -0.4 is 5.09 Å². The molecule has 0 saturated carbocycles. The van der Waals surface area contributed by atoms with Gasteiger partial charge in [-0.2, -0.15) is 13.8 Å². The van der Waals surface area contributed by atoms with Gasteiger partial charge in [-0.25, -0.2) is 4.39 Å². The van der Waals surface area contributed by atoms with Crippen molar-refractivity contribution in [3.8, 4) is 11.4 Å². The second-order valence-electron chi connectivity index (χ2n) is 5.84. The Morgan fingerprint density at radius 3 is 2.70 bits per heavy atom. The molecule has 27 heavy (non-hydrogen) atoms. The first kappa shape index (κ1) is 19.4. The average Bonchev–Trinajstić information content (AvgIpc) is 3.07. The molecule has 0 fully saturated rings. The zero-order valence-corrected chi connectivity index (χ0v) is 15.5. The third-order valence-corrected chi connectivity index (χ3v) is 5.32. The van der Waals surface area contributed by atoms with Crippen molar-refractivity contribution in [3.63, 3.8) is 0 Å². The second-order valence-corrected chi connectivity index (χ2v) is 9.06. The molecule has 0 radical (unpaired) electrons. The van der Waals surface area contributed by atoms with Crippen molar-refractivity contribution in [3.05, 3.63) is 60.0 Å². The van der Waals surface area contributed by atoms with E-state index in [2.05, 4.69) is 24.7 Å². The van der Waals surface area contributed by atoms with Crippen LogP contribution in [-0.4, -0.2) is 21.8 Å². The SMILES string of the molecule is CP(=O)(Cc1ccc(-c2noc(C(F)(F)Cl)n2)cc1F)Nc1cccnc1. The summed E-state index contributed by atoms with van der Waals surface area (Å²) in [5.74, 6) is -1.99. The van der Waals surface area contributed by atoms with Crippen LogP contribution in [0.5, 0.6) is 0 Å². The van der Waals surface area contributed by atoms with Gasteiger partial charge in [0.25, 0.3) is 0 Å². The molecule has 0 amide bonds. The van der Waals surface area contributed by atoms with E-state index in [4.69, 9.17) is 11.6 Å². The fourth-order valence-corrected chi connectivity index (χ4v) is 4.08. The van der Waals surface area contributed by atoms with E-state index in [1.807, 2.05) is 0 Å². The summed E-state index contributed by atoms with van der Waals surface area (Å²) in [6.45, 7) is 1.49. The first-order valence-corrected chi connectivity index (χ1v) is 10.3. The number of hydrogen-bond donors (Lipinski definition) is 1. The molecule has 11 heteroatoms. The van der Waals surface area contributed by atoms with E-state index < -0.39 is 24.4 Å². The summed E-state index contributed by atoms with van der Waals surface area (Å²) >= 11 is 4.81. The number of anilines is 1. The molecule has 142 valence electrons. The number of nitrogens with zero attached hydrogens (tertiary/aromatic N) is 3. The lowest BCUT2D eigenvalue weighted by Gasteiger charge is -2.16. The number of rotatable bonds is 6. The molecule has 0 aliphatic carbocycles. The summed E-state index contributed by atoms with van der Waals surface area (Å²) in [5, 5.41) is 2.40. The van der Waals surface area contributed by atoms with Gasteiger partial charge in [-0.1, -0.05) is 17.3 Å². The Bertz CT molecular complexity index is 995. The summed E-state index contributed by atoms with van der Waals surface area (Å²) in [4.78, 5) is 7.37. The normalized spacial score (nSPS) is 14.0. The van der Waals surface area contributed by atoms with E-state index in [0.29, 0.717) is 5.69 Å².